The van der Waals surface area contributed by atoms with Crippen molar-refractivity contribution in [1.29, 1.82) is 0 Å². The molecule has 0 aliphatic carbocycles. The molecule has 0 aromatic heterocycles. The average Bonchev–Trinajstić information content (AvgIpc) is 2.29. The van der Waals surface area contributed by atoms with Crippen LogP contribution in [0.25, 0.3) is 0 Å². The average molecular weight is 251 g/mol. The monoisotopic (exact) mass is 251 g/mol. The Morgan fingerprint density at radius 2 is 1.94 bits per heavy atom. The van der Waals surface area contributed by atoms with Crippen LogP contribution in [0.4, 0.5) is 0 Å². The Balaban J connectivity index is 2.80. The fourth-order valence-electron chi connectivity index (χ4n) is 2.06. The second-order valence-corrected chi connectivity index (χ2v) is 5.65. The van der Waals surface area contributed by atoms with Crippen LogP contribution >= 0.6 is 12.6 Å². The summed E-state index contributed by atoms with van der Waals surface area (Å²) in [5, 5.41) is 0. The molecule has 0 unspecified atom stereocenters. The molecule has 1 radical (unpaired) electrons. The van der Waals surface area contributed by atoms with Gasteiger partial charge in [-0.2, -0.15) is 0 Å². The van der Waals surface area contributed by atoms with Gasteiger partial charge in [0, 0.05) is 0 Å². The van der Waals surface area contributed by atoms with Crippen LogP contribution in [0, 0.1) is 0 Å². The van der Waals surface area contributed by atoms with Crippen molar-refractivity contribution in [3.05, 3.63) is 23.8 Å². The molecule has 0 spiro atoms. The molecule has 1 nitrogen and oxygen atoms in total. The fraction of sp³-hybridized carbons (Fsp3) is 0.600. The van der Waals surface area contributed by atoms with Crippen LogP contribution in [-0.4, -0.2) is 7.11 Å². The van der Waals surface area contributed by atoms with Gasteiger partial charge in [-0.25, -0.2) is 0 Å². The first kappa shape index (κ1) is 14.3. The molecule has 0 bridgehead atoms. The lowest BCUT2D eigenvalue weighted by Crippen LogP contribution is -2.17. The maximum atomic E-state index is 5.32. The molecule has 1 aromatic carbocycles. The number of rotatable bonds is 6. The molecular weight excluding hydrogens is 228 g/mol. The number of benzene rings is 1. The molecule has 95 valence electrons. The molecule has 0 aliphatic rings. The maximum absolute atomic E-state index is 5.32. The molecule has 1 aromatic rings. The Kier molecular flexibility index (Phi) is 5.26. The lowest BCUT2D eigenvalue weighted by Gasteiger charge is -2.26. The van der Waals surface area contributed by atoms with Crippen LogP contribution in [0.5, 0.6) is 5.75 Å². The van der Waals surface area contributed by atoms with E-state index >= 15 is 0 Å². The molecule has 0 N–H and O–H groups in total. The van der Waals surface area contributed by atoms with Gasteiger partial charge in [-0.15, -0.1) is 0 Å². The Hall–Kier alpha value is -0.760. The van der Waals surface area contributed by atoms with Gasteiger partial charge < -0.3 is 4.74 Å². The van der Waals surface area contributed by atoms with Crippen molar-refractivity contribution in [2.24, 2.45) is 0 Å². The predicted octanol–water partition coefficient (Wildman–Crippen LogP) is 5.11. The highest BCUT2D eigenvalue weighted by Gasteiger charge is 2.20. The molecule has 0 aliphatic heterocycles. The molecule has 1 rings (SSSR count). The van der Waals surface area contributed by atoms with Crippen LogP contribution < -0.4 is 4.74 Å². The van der Waals surface area contributed by atoms with Gasteiger partial charge in [-0.3, -0.25) is 0 Å². The quantitative estimate of drug-likeness (QED) is 0.638. The summed E-state index contributed by atoms with van der Waals surface area (Å²) in [5.74, 6) is 0.799. The van der Waals surface area contributed by atoms with Crippen molar-refractivity contribution in [2.75, 3.05) is 7.11 Å². The molecule has 0 saturated carbocycles. The maximum Gasteiger partial charge on any atom is 0.136 e. The van der Waals surface area contributed by atoms with Crippen molar-refractivity contribution >= 4 is 12.6 Å². The lowest BCUT2D eigenvalue weighted by atomic mass is 9.80. The molecule has 0 saturated heterocycles. The normalized spacial score (nSPS) is 11.5. The van der Waals surface area contributed by atoms with E-state index in [1.54, 1.807) is 7.11 Å². The number of methoxy groups -OCH3 is 1. The molecule has 2 heteroatoms. The largest absolute Gasteiger partial charge is 0.495 e. The second-order valence-electron chi connectivity index (χ2n) is 5.21. The zero-order valence-electron chi connectivity index (χ0n) is 11.4. The van der Waals surface area contributed by atoms with Crippen LogP contribution in [0.2, 0.25) is 0 Å². The van der Waals surface area contributed by atoms with E-state index in [2.05, 4.69) is 32.9 Å². The van der Waals surface area contributed by atoms with E-state index in [4.69, 9.17) is 17.4 Å². The summed E-state index contributed by atoms with van der Waals surface area (Å²) in [6, 6.07) is 6.21. The molecule has 0 fully saturated rings. The summed E-state index contributed by atoms with van der Waals surface area (Å²) in [7, 11) is 1.66. The lowest BCUT2D eigenvalue weighted by molar-refractivity contribution is 0.402. The van der Waals surface area contributed by atoms with E-state index in [0.29, 0.717) is 0 Å². The summed E-state index contributed by atoms with van der Waals surface area (Å²) in [4.78, 5) is 0.813. The standard InChI is InChI=1S/C15H23OS/c1-5-6-7-10-15(2,3)12-8-9-13(16-4)14(17)11-12/h8-9,11H,5-7,10H2,1-4H3. The van der Waals surface area contributed by atoms with Crippen LogP contribution in [0.15, 0.2) is 23.1 Å². The highest BCUT2D eigenvalue weighted by molar-refractivity contribution is 7.80. The van der Waals surface area contributed by atoms with Crippen molar-refractivity contribution in [3.63, 3.8) is 0 Å². The van der Waals surface area contributed by atoms with Crippen LogP contribution in [0.3, 0.4) is 0 Å². The Morgan fingerprint density at radius 1 is 1.24 bits per heavy atom. The first-order valence-electron chi connectivity index (χ1n) is 6.37. The topological polar surface area (TPSA) is 9.23 Å². The molecule has 0 amide bonds. The third-order valence-electron chi connectivity index (χ3n) is 3.35. The van der Waals surface area contributed by atoms with Gasteiger partial charge in [-0.1, -0.05) is 58.7 Å². The van der Waals surface area contributed by atoms with E-state index in [-0.39, 0.29) is 5.41 Å². The number of ether oxygens (including phenoxy) is 1. The van der Waals surface area contributed by atoms with Crippen LogP contribution in [-0.2, 0) is 5.41 Å². The summed E-state index contributed by atoms with van der Waals surface area (Å²) >= 11 is 5.32. The SMILES string of the molecule is CCCCCC(C)(C)c1ccc(OC)c([S])c1. The smallest absolute Gasteiger partial charge is 0.136 e. The van der Waals surface area contributed by atoms with Gasteiger partial charge in [0.1, 0.15) is 5.75 Å². The molecule has 17 heavy (non-hydrogen) atoms. The minimum Gasteiger partial charge on any atom is -0.495 e. The Labute approximate surface area is 111 Å². The number of hydrogen-bond donors (Lipinski definition) is 0. The summed E-state index contributed by atoms with van der Waals surface area (Å²) in [6.45, 7) is 6.82. The number of hydrogen-bond acceptors (Lipinski definition) is 1. The second kappa shape index (κ2) is 6.25. The minimum absolute atomic E-state index is 0.203. The first-order chi connectivity index (χ1) is 8.01. The Morgan fingerprint density at radius 3 is 2.47 bits per heavy atom. The van der Waals surface area contributed by atoms with E-state index in [9.17, 15) is 0 Å². The van der Waals surface area contributed by atoms with Crippen molar-refractivity contribution in [2.45, 2.75) is 56.8 Å². The van der Waals surface area contributed by atoms with E-state index in [1.807, 2.05) is 6.07 Å². The van der Waals surface area contributed by atoms with Gasteiger partial charge in [0.15, 0.2) is 0 Å². The van der Waals surface area contributed by atoms with Crippen molar-refractivity contribution in [1.82, 2.24) is 0 Å². The highest BCUT2D eigenvalue weighted by Crippen LogP contribution is 2.33. The van der Waals surface area contributed by atoms with E-state index in [0.717, 1.165) is 10.6 Å². The van der Waals surface area contributed by atoms with Crippen LogP contribution in [0.1, 0.15) is 52.0 Å². The summed E-state index contributed by atoms with van der Waals surface area (Å²) in [6.07, 6.45) is 5.07. The van der Waals surface area contributed by atoms with Gasteiger partial charge >= 0.3 is 0 Å². The third-order valence-corrected chi connectivity index (χ3v) is 3.67. The van der Waals surface area contributed by atoms with Gasteiger partial charge in [0.25, 0.3) is 0 Å². The van der Waals surface area contributed by atoms with Gasteiger partial charge in [0.05, 0.1) is 12.0 Å². The van der Waals surface area contributed by atoms with Gasteiger partial charge in [0.2, 0.25) is 0 Å². The summed E-state index contributed by atoms with van der Waals surface area (Å²) < 4.78 is 5.21. The third kappa shape index (κ3) is 3.88. The van der Waals surface area contributed by atoms with E-state index < -0.39 is 0 Å². The van der Waals surface area contributed by atoms with E-state index in [1.165, 1.54) is 31.2 Å². The predicted molar refractivity (Wildman–Crippen MR) is 76.0 cm³/mol. The molecule has 0 atom stereocenters. The zero-order valence-corrected chi connectivity index (χ0v) is 12.2. The van der Waals surface area contributed by atoms with Gasteiger partial charge in [-0.05, 0) is 29.5 Å². The molecule has 0 heterocycles. The molecular formula is C15H23OS. The zero-order chi connectivity index (χ0) is 12.9. The number of unbranched alkanes of at least 4 members (excludes halogenated alkanes) is 2. The van der Waals surface area contributed by atoms with Crippen molar-refractivity contribution < 1.29 is 4.74 Å². The Bertz CT molecular complexity index is 358. The highest BCUT2D eigenvalue weighted by atomic mass is 32.1. The minimum atomic E-state index is 0.203. The van der Waals surface area contributed by atoms with Crippen molar-refractivity contribution in [3.8, 4) is 5.75 Å². The first-order valence-corrected chi connectivity index (χ1v) is 6.77. The summed E-state index contributed by atoms with van der Waals surface area (Å²) in [5.41, 5.74) is 1.52. The fourth-order valence-corrected chi connectivity index (χ4v) is 2.34.